The molecule has 2 rings (SSSR count). The van der Waals surface area contributed by atoms with Gasteiger partial charge in [-0.15, -0.1) is 0 Å². The lowest BCUT2D eigenvalue weighted by Crippen LogP contribution is -2.30. The zero-order valence-corrected chi connectivity index (χ0v) is 12.7. The van der Waals surface area contributed by atoms with Gasteiger partial charge >= 0.3 is 0 Å². The zero-order chi connectivity index (χ0) is 13.8. The third-order valence-corrected chi connectivity index (χ3v) is 4.29. The molecule has 0 aliphatic rings. The van der Waals surface area contributed by atoms with E-state index >= 15 is 0 Å². The Balaban J connectivity index is 2.21. The molecule has 0 radical (unpaired) electrons. The van der Waals surface area contributed by atoms with Gasteiger partial charge in [-0.3, -0.25) is 4.90 Å². The van der Waals surface area contributed by atoms with Gasteiger partial charge in [0.15, 0.2) is 0 Å². The first-order valence-corrected chi connectivity index (χ1v) is 7.54. The van der Waals surface area contributed by atoms with Gasteiger partial charge in [0, 0.05) is 19.1 Å². The fraction of sp³-hybridized carbons (Fsp3) is 0.375. The van der Waals surface area contributed by atoms with E-state index in [2.05, 4.69) is 60.8 Å². The van der Waals surface area contributed by atoms with Crippen molar-refractivity contribution in [1.29, 1.82) is 0 Å². The number of rotatable bonds is 5. The second kappa shape index (κ2) is 6.33. The average molecular weight is 274 g/mol. The summed E-state index contributed by atoms with van der Waals surface area (Å²) in [5.41, 5.74) is 11.3. The van der Waals surface area contributed by atoms with E-state index in [0.717, 1.165) is 6.54 Å². The first-order chi connectivity index (χ1) is 9.11. The summed E-state index contributed by atoms with van der Waals surface area (Å²) in [6.45, 7) is 5.88. The summed E-state index contributed by atoms with van der Waals surface area (Å²) in [6, 6.07) is 9.06. The number of thiophene rings is 1. The van der Waals surface area contributed by atoms with Crippen molar-refractivity contribution >= 4 is 11.3 Å². The third kappa shape index (κ3) is 3.44. The monoisotopic (exact) mass is 274 g/mol. The molecule has 2 N–H and O–H groups in total. The molecule has 2 aromatic rings. The topological polar surface area (TPSA) is 29.3 Å². The first-order valence-electron chi connectivity index (χ1n) is 6.60. The second-order valence-corrected chi connectivity index (χ2v) is 5.94. The van der Waals surface area contributed by atoms with Crippen molar-refractivity contribution in [2.24, 2.45) is 5.73 Å². The minimum Gasteiger partial charge on any atom is -0.329 e. The second-order valence-electron chi connectivity index (χ2n) is 5.16. The molecule has 1 aromatic heterocycles. The van der Waals surface area contributed by atoms with Crippen molar-refractivity contribution in [3.63, 3.8) is 0 Å². The highest BCUT2D eigenvalue weighted by atomic mass is 32.1. The fourth-order valence-electron chi connectivity index (χ4n) is 2.44. The summed E-state index contributed by atoms with van der Waals surface area (Å²) < 4.78 is 0. The van der Waals surface area contributed by atoms with Crippen LogP contribution in [0, 0.1) is 13.8 Å². The van der Waals surface area contributed by atoms with Crippen LogP contribution in [0.4, 0.5) is 0 Å². The van der Waals surface area contributed by atoms with E-state index in [0.29, 0.717) is 6.54 Å². The van der Waals surface area contributed by atoms with E-state index in [9.17, 15) is 0 Å². The van der Waals surface area contributed by atoms with Gasteiger partial charge in [0.05, 0.1) is 0 Å². The Hall–Kier alpha value is -1.16. The van der Waals surface area contributed by atoms with Crippen LogP contribution in [0.15, 0.2) is 35.0 Å². The van der Waals surface area contributed by atoms with Crippen LogP contribution in [0.25, 0.3) is 0 Å². The lowest BCUT2D eigenvalue weighted by molar-refractivity contribution is 0.241. The van der Waals surface area contributed by atoms with Crippen molar-refractivity contribution in [3.8, 4) is 0 Å². The van der Waals surface area contributed by atoms with E-state index in [1.807, 2.05) is 0 Å². The van der Waals surface area contributed by atoms with Crippen LogP contribution in [-0.2, 0) is 6.54 Å². The molecule has 0 bridgehead atoms. The summed E-state index contributed by atoms with van der Waals surface area (Å²) in [6.07, 6.45) is 0. The van der Waals surface area contributed by atoms with E-state index in [1.165, 1.54) is 22.3 Å². The SMILES string of the molecule is Cc1ccc(C)c(C(CN)N(C)Cc2ccsc2)c1. The predicted octanol–water partition coefficient (Wildman–Crippen LogP) is 3.50. The van der Waals surface area contributed by atoms with Crippen LogP contribution in [0.3, 0.4) is 0 Å². The first kappa shape index (κ1) is 14.3. The number of hydrogen-bond acceptors (Lipinski definition) is 3. The van der Waals surface area contributed by atoms with E-state index in [4.69, 9.17) is 5.73 Å². The summed E-state index contributed by atoms with van der Waals surface area (Å²) in [7, 11) is 2.15. The highest BCUT2D eigenvalue weighted by Crippen LogP contribution is 2.25. The quantitative estimate of drug-likeness (QED) is 0.904. The van der Waals surface area contributed by atoms with Crippen molar-refractivity contribution < 1.29 is 0 Å². The molecule has 1 unspecified atom stereocenters. The zero-order valence-electron chi connectivity index (χ0n) is 11.9. The Kier molecular flexibility index (Phi) is 4.75. The van der Waals surface area contributed by atoms with E-state index in [-0.39, 0.29) is 6.04 Å². The maximum atomic E-state index is 6.01. The molecule has 0 aliphatic heterocycles. The molecule has 3 heteroatoms. The number of hydrogen-bond donors (Lipinski definition) is 1. The highest BCUT2D eigenvalue weighted by molar-refractivity contribution is 7.07. The number of likely N-dealkylation sites (N-methyl/N-ethyl adjacent to an activating group) is 1. The van der Waals surface area contributed by atoms with Gasteiger partial charge in [-0.1, -0.05) is 23.8 Å². The van der Waals surface area contributed by atoms with Gasteiger partial charge in [-0.25, -0.2) is 0 Å². The minimum atomic E-state index is 0.278. The third-order valence-electron chi connectivity index (χ3n) is 3.56. The van der Waals surface area contributed by atoms with Crippen molar-refractivity contribution in [2.75, 3.05) is 13.6 Å². The van der Waals surface area contributed by atoms with Gasteiger partial charge in [-0.2, -0.15) is 11.3 Å². The number of nitrogens with zero attached hydrogens (tertiary/aromatic N) is 1. The molecule has 0 amide bonds. The lowest BCUT2D eigenvalue weighted by Gasteiger charge is -2.28. The van der Waals surface area contributed by atoms with Gasteiger partial charge in [-0.05, 0) is 54.4 Å². The van der Waals surface area contributed by atoms with Gasteiger partial charge in [0.25, 0.3) is 0 Å². The summed E-state index contributed by atoms with van der Waals surface area (Å²) in [4.78, 5) is 2.34. The molecule has 0 saturated carbocycles. The predicted molar refractivity (Wildman–Crippen MR) is 83.5 cm³/mol. The molecule has 1 heterocycles. The number of nitrogens with two attached hydrogens (primary N) is 1. The summed E-state index contributed by atoms with van der Waals surface area (Å²) in [5, 5.41) is 4.33. The Morgan fingerprint density at radius 1 is 1.26 bits per heavy atom. The van der Waals surface area contributed by atoms with Crippen LogP contribution in [0.1, 0.15) is 28.3 Å². The molecule has 1 atom stereocenters. The van der Waals surface area contributed by atoms with Crippen LogP contribution < -0.4 is 5.73 Å². The standard InChI is InChI=1S/C16H22N2S/c1-12-4-5-13(2)15(8-12)16(9-17)18(3)10-14-6-7-19-11-14/h4-8,11,16H,9-10,17H2,1-3H3. The molecule has 0 saturated heterocycles. The molecular weight excluding hydrogens is 252 g/mol. The Bertz CT molecular complexity index is 520. The largest absolute Gasteiger partial charge is 0.329 e. The fourth-order valence-corrected chi connectivity index (χ4v) is 3.10. The van der Waals surface area contributed by atoms with Crippen LogP contribution in [0.2, 0.25) is 0 Å². The van der Waals surface area contributed by atoms with Gasteiger partial charge in [0.2, 0.25) is 0 Å². The maximum absolute atomic E-state index is 6.01. The molecule has 1 aromatic carbocycles. The maximum Gasteiger partial charge on any atom is 0.0473 e. The average Bonchev–Trinajstić information content (AvgIpc) is 2.87. The van der Waals surface area contributed by atoms with Crippen molar-refractivity contribution in [1.82, 2.24) is 4.90 Å². The van der Waals surface area contributed by atoms with E-state index in [1.54, 1.807) is 11.3 Å². The van der Waals surface area contributed by atoms with Gasteiger partial charge < -0.3 is 5.73 Å². The van der Waals surface area contributed by atoms with Crippen LogP contribution in [0.5, 0.6) is 0 Å². The van der Waals surface area contributed by atoms with Crippen molar-refractivity contribution in [2.45, 2.75) is 26.4 Å². The molecule has 102 valence electrons. The van der Waals surface area contributed by atoms with Gasteiger partial charge in [0.1, 0.15) is 0 Å². The minimum absolute atomic E-state index is 0.278. The number of aryl methyl sites for hydroxylation is 2. The normalized spacial score (nSPS) is 12.9. The highest BCUT2D eigenvalue weighted by Gasteiger charge is 2.17. The molecule has 2 nitrogen and oxygen atoms in total. The molecule has 0 spiro atoms. The number of benzene rings is 1. The Labute approximate surface area is 119 Å². The smallest absolute Gasteiger partial charge is 0.0473 e. The Morgan fingerprint density at radius 3 is 2.68 bits per heavy atom. The Morgan fingerprint density at radius 2 is 2.05 bits per heavy atom. The molecule has 19 heavy (non-hydrogen) atoms. The van der Waals surface area contributed by atoms with Crippen LogP contribution >= 0.6 is 11.3 Å². The summed E-state index contributed by atoms with van der Waals surface area (Å²) >= 11 is 1.74. The van der Waals surface area contributed by atoms with E-state index < -0.39 is 0 Å². The van der Waals surface area contributed by atoms with Crippen molar-refractivity contribution in [3.05, 3.63) is 57.3 Å². The lowest BCUT2D eigenvalue weighted by atomic mass is 9.98. The molecule has 0 fully saturated rings. The molecule has 0 aliphatic carbocycles. The van der Waals surface area contributed by atoms with Crippen LogP contribution in [-0.4, -0.2) is 18.5 Å². The summed E-state index contributed by atoms with van der Waals surface area (Å²) in [5.74, 6) is 0. The molecular formula is C16H22N2S.